The Morgan fingerprint density at radius 2 is 1.91 bits per heavy atom. The maximum atomic E-state index is 13.4. The van der Waals surface area contributed by atoms with Crippen LogP contribution in [-0.4, -0.2) is 41.1 Å². The van der Waals surface area contributed by atoms with Gasteiger partial charge < -0.3 is 19.4 Å². The number of carbonyl (C=O) groups excluding carboxylic acids is 1. The molecule has 33 heavy (non-hydrogen) atoms. The molecule has 4 aromatic rings. The highest BCUT2D eigenvalue weighted by molar-refractivity contribution is 5.93. The Hall–Kier alpha value is -4.00. The van der Waals surface area contributed by atoms with Crippen molar-refractivity contribution in [3.8, 4) is 11.5 Å². The smallest absolute Gasteiger partial charge is 0.324 e. The van der Waals surface area contributed by atoms with Crippen LogP contribution in [0.15, 0.2) is 73.1 Å². The molecule has 0 radical (unpaired) electrons. The number of anilines is 1. The van der Waals surface area contributed by atoms with Crippen molar-refractivity contribution >= 4 is 22.8 Å². The average Bonchev–Trinajstić information content (AvgIpc) is 3.34. The minimum absolute atomic E-state index is 0.0130. The summed E-state index contributed by atoms with van der Waals surface area (Å²) < 4.78 is 11.5. The molecule has 1 saturated heterocycles. The summed E-state index contributed by atoms with van der Waals surface area (Å²) in [7, 11) is 1.62. The molecular formula is C26H26N4O3. The number of urea groups is 1. The number of nitrogens with one attached hydrogen (secondary N) is 1. The first-order valence-corrected chi connectivity index (χ1v) is 11.0. The first-order valence-electron chi connectivity index (χ1n) is 11.0. The van der Waals surface area contributed by atoms with Crippen LogP contribution in [-0.2, 0) is 13.2 Å². The Morgan fingerprint density at radius 3 is 2.76 bits per heavy atom. The molecule has 2 aromatic heterocycles. The average molecular weight is 443 g/mol. The lowest BCUT2D eigenvalue weighted by Gasteiger charge is -2.36. The van der Waals surface area contributed by atoms with Crippen LogP contribution in [0.2, 0.25) is 0 Å². The fourth-order valence-corrected chi connectivity index (χ4v) is 4.21. The lowest BCUT2D eigenvalue weighted by atomic mass is 10.1. The maximum absolute atomic E-state index is 13.4. The number of benzene rings is 2. The van der Waals surface area contributed by atoms with Gasteiger partial charge in [0.25, 0.3) is 0 Å². The summed E-state index contributed by atoms with van der Waals surface area (Å²) in [5, 5.41) is 1.04. The zero-order valence-corrected chi connectivity index (χ0v) is 18.5. The largest absolute Gasteiger partial charge is 0.493 e. The van der Waals surface area contributed by atoms with Gasteiger partial charge in [-0.2, -0.15) is 0 Å². The number of methoxy groups -OCH3 is 1. The van der Waals surface area contributed by atoms with Crippen LogP contribution >= 0.6 is 0 Å². The predicted molar refractivity (Wildman–Crippen MR) is 128 cm³/mol. The summed E-state index contributed by atoms with van der Waals surface area (Å²) in [6.45, 7) is 2.35. The summed E-state index contributed by atoms with van der Waals surface area (Å²) >= 11 is 0. The summed E-state index contributed by atoms with van der Waals surface area (Å²) in [4.78, 5) is 24.6. The molecule has 1 fully saturated rings. The van der Waals surface area contributed by atoms with Crippen molar-refractivity contribution in [1.82, 2.24) is 14.9 Å². The molecule has 5 rings (SSSR count). The Morgan fingerprint density at radius 1 is 1.03 bits per heavy atom. The Labute approximate surface area is 192 Å². The van der Waals surface area contributed by atoms with Crippen LogP contribution in [0.25, 0.3) is 11.0 Å². The van der Waals surface area contributed by atoms with E-state index in [9.17, 15) is 4.79 Å². The molecule has 2 amide bonds. The molecular weight excluding hydrogens is 416 g/mol. The van der Waals surface area contributed by atoms with Crippen molar-refractivity contribution in [1.29, 1.82) is 0 Å². The first kappa shape index (κ1) is 20.9. The van der Waals surface area contributed by atoms with E-state index < -0.39 is 0 Å². The van der Waals surface area contributed by atoms with Crippen molar-refractivity contribution in [2.24, 2.45) is 0 Å². The number of hydrogen-bond acceptors (Lipinski definition) is 4. The number of aromatic nitrogens is 2. The number of nitrogens with zero attached hydrogens (tertiary/aromatic N) is 3. The van der Waals surface area contributed by atoms with Crippen LogP contribution in [0.5, 0.6) is 11.5 Å². The first-order chi connectivity index (χ1) is 16.2. The zero-order valence-electron chi connectivity index (χ0n) is 18.5. The molecule has 7 heteroatoms. The van der Waals surface area contributed by atoms with Crippen molar-refractivity contribution in [3.05, 3.63) is 84.2 Å². The second kappa shape index (κ2) is 9.24. The van der Waals surface area contributed by atoms with Crippen LogP contribution in [0.4, 0.5) is 10.5 Å². The summed E-state index contributed by atoms with van der Waals surface area (Å²) in [5.41, 5.74) is 3.79. The molecule has 0 bridgehead atoms. The standard InChI is InChI=1S/C26H26N4O3/c1-32-23-9-8-21(16-24(23)33-18-19-6-3-2-4-7-19)30-15-5-14-29(26(30)31)17-20-10-12-27-25-22(20)11-13-28-25/h2-4,6-13,16H,5,14-15,17-18H2,1H3,(H,27,28). The van der Waals surface area contributed by atoms with Crippen molar-refractivity contribution in [3.63, 3.8) is 0 Å². The molecule has 0 spiro atoms. The summed E-state index contributed by atoms with van der Waals surface area (Å²) in [5.74, 6) is 1.26. The third-order valence-corrected chi connectivity index (χ3v) is 5.92. The number of aromatic amines is 1. The number of pyridine rings is 1. The van der Waals surface area contributed by atoms with Gasteiger partial charge in [-0.05, 0) is 41.8 Å². The molecule has 168 valence electrons. The van der Waals surface area contributed by atoms with Gasteiger partial charge in [0.2, 0.25) is 0 Å². The van der Waals surface area contributed by atoms with E-state index in [4.69, 9.17) is 9.47 Å². The second-order valence-electron chi connectivity index (χ2n) is 8.03. The molecule has 2 aromatic carbocycles. The number of amides is 2. The molecule has 1 N–H and O–H groups in total. The van der Waals surface area contributed by atoms with E-state index in [0.717, 1.165) is 40.8 Å². The van der Waals surface area contributed by atoms with Crippen LogP contribution in [0.1, 0.15) is 17.5 Å². The lowest BCUT2D eigenvalue weighted by Crippen LogP contribution is -2.49. The SMILES string of the molecule is COc1ccc(N2CCCN(Cc3ccnc4[nH]ccc34)C2=O)cc1OCc1ccccc1. The van der Waals surface area contributed by atoms with E-state index in [1.165, 1.54) is 0 Å². The van der Waals surface area contributed by atoms with Crippen molar-refractivity contribution in [2.45, 2.75) is 19.6 Å². The summed E-state index contributed by atoms with van der Waals surface area (Å²) in [6.07, 6.45) is 4.54. The number of carbonyl (C=O) groups is 1. The molecule has 1 aliphatic rings. The predicted octanol–water partition coefficient (Wildman–Crippen LogP) is 4.98. The molecule has 0 atom stereocenters. The van der Waals surface area contributed by atoms with E-state index >= 15 is 0 Å². The van der Waals surface area contributed by atoms with Gasteiger partial charge in [-0.3, -0.25) is 4.90 Å². The van der Waals surface area contributed by atoms with E-state index in [1.807, 2.05) is 76.7 Å². The number of fused-ring (bicyclic) bond motifs is 1. The highest BCUT2D eigenvalue weighted by Crippen LogP contribution is 2.34. The molecule has 3 heterocycles. The molecule has 0 saturated carbocycles. The van der Waals surface area contributed by atoms with Crippen LogP contribution in [0, 0.1) is 0 Å². The monoisotopic (exact) mass is 442 g/mol. The quantitative estimate of drug-likeness (QED) is 0.438. The Bertz CT molecular complexity index is 1250. The zero-order chi connectivity index (χ0) is 22.6. The fourth-order valence-electron chi connectivity index (χ4n) is 4.21. The van der Waals surface area contributed by atoms with Crippen LogP contribution in [0.3, 0.4) is 0 Å². The lowest BCUT2D eigenvalue weighted by molar-refractivity contribution is 0.192. The molecule has 7 nitrogen and oxygen atoms in total. The third-order valence-electron chi connectivity index (χ3n) is 5.92. The van der Waals surface area contributed by atoms with Gasteiger partial charge in [0.15, 0.2) is 11.5 Å². The van der Waals surface area contributed by atoms with Gasteiger partial charge in [-0.25, -0.2) is 9.78 Å². The molecule has 0 unspecified atom stereocenters. The van der Waals surface area contributed by atoms with Gasteiger partial charge in [-0.1, -0.05) is 30.3 Å². The maximum Gasteiger partial charge on any atom is 0.324 e. The van der Waals surface area contributed by atoms with Gasteiger partial charge >= 0.3 is 6.03 Å². The van der Waals surface area contributed by atoms with Crippen molar-refractivity contribution in [2.75, 3.05) is 25.1 Å². The van der Waals surface area contributed by atoms with Gasteiger partial charge in [-0.15, -0.1) is 0 Å². The highest BCUT2D eigenvalue weighted by Gasteiger charge is 2.28. The van der Waals surface area contributed by atoms with Gasteiger partial charge in [0.05, 0.1) is 7.11 Å². The number of rotatable bonds is 7. The van der Waals surface area contributed by atoms with Gasteiger partial charge in [0, 0.05) is 49.2 Å². The fraction of sp³-hybridized carbons (Fsp3) is 0.231. The molecule has 0 aliphatic carbocycles. The number of hydrogen-bond donors (Lipinski definition) is 1. The second-order valence-corrected chi connectivity index (χ2v) is 8.03. The van der Waals surface area contributed by atoms with E-state index in [2.05, 4.69) is 9.97 Å². The van der Waals surface area contributed by atoms with E-state index in [-0.39, 0.29) is 6.03 Å². The minimum atomic E-state index is -0.0130. The Balaban J connectivity index is 1.35. The van der Waals surface area contributed by atoms with Crippen molar-refractivity contribution < 1.29 is 14.3 Å². The Kier molecular flexibility index (Phi) is 5.85. The normalized spacial score (nSPS) is 14.0. The third kappa shape index (κ3) is 4.35. The topological polar surface area (TPSA) is 70.7 Å². The summed E-state index contributed by atoms with van der Waals surface area (Å²) in [6, 6.07) is 19.6. The van der Waals surface area contributed by atoms with Crippen LogP contribution < -0.4 is 14.4 Å². The highest BCUT2D eigenvalue weighted by atomic mass is 16.5. The molecule has 1 aliphatic heterocycles. The van der Waals surface area contributed by atoms with E-state index in [0.29, 0.717) is 31.2 Å². The van der Waals surface area contributed by atoms with E-state index in [1.54, 1.807) is 13.3 Å². The van der Waals surface area contributed by atoms with Gasteiger partial charge in [0.1, 0.15) is 12.3 Å². The number of ether oxygens (including phenoxy) is 2. The number of H-pyrrole nitrogens is 1. The minimum Gasteiger partial charge on any atom is -0.493 e.